The molecule has 23 heavy (non-hydrogen) atoms. The average molecular weight is 305 g/mol. The van der Waals surface area contributed by atoms with Gasteiger partial charge in [-0.25, -0.2) is 4.68 Å². The summed E-state index contributed by atoms with van der Waals surface area (Å²) >= 11 is 0. The molecular formula is C20H23N3. The summed E-state index contributed by atoms with van der Waals surface area (Å²) in [7, 11) is 0. The highest BCUT2D eigenvalue weighted by Gasteiger charge is 2.13. The molecule has 2 aromatic carbocycles. The summed E-state index contributed by atoms with van der Waals surface area (Å²) in [5.41, 5.74) is 5.96. The summed E-state index contributed by atoms with van der Waals surface area (Å²) < 4.78 is 2.03. The molecule has 0 spiro atoms. The quantitative estimate of drug-likeness (QED) is 0.760. The maximum absolute atomic E-state index is 4.71. The first-order valence-corrected chi connectivity index (χ1v) is 8.05. The lowest BCUT2D eigenvalue weighted by Crippen LogP contribution is -2.18. The molecule has 1 N–H and O–H groups in total. The van der Waals surface area contributed by atoms with Crippen LogP contribution in [0.1, 0.15) is 35.5 Å². The van der Waals surface area contributed by atoms with Crippen LogP contribution >= 0.6 is 0 Å². The van der Waals surface area contributed by atoms with Crippen molar-refractivity contribution < 1.29 is 0 Å². The minimum absolute atomic E-state index is 0.315. The van der Waals surface area contributed by atoms with Crippen LogP contribution in [0.15, 0.2) is 60.7 Å². The molecular weight excluding hydrogens is 282 g/mol. The third kappa shape index (κ3) is 3.35. The van der Waals surface area contributed by atoms with Gasteiger partial charge in [0.25, 0.3) is 0 Å². The fraction of sp³-hybridized carbons (Fsp3) is 0.250. The van der Waals surface area contributed by atoms with E-state index in [9.17, 15) is 0 Å². The highest BCUT2D eigenvalue weighted by Crippen LogP contribution is 2.19. The Balaban J connectivity index is 1.78. The van der Waals surface area contributed by atoms with Crippen molar-refractivity contribution in [2.24, 2.45) is 0 Å². The smallest absolute Gasteiger partial charge is 0.0648 e. The van der Waals surface area contributed by atoms with Gasteiger partial charge in [-0.05, 0) is 38.5 Å². The van der Waals surface area contributed by atoms with Gasteiger partial charge in [0.1, 0.15) is 0 Å². The molecule has 0 aliphatic heterocycles. The molecule has 0 saturated carbocycles. The third-order valence-electron chi connectivity index (χ3n) is 4.33. The van der Waals surface area contributed by atoms with E-state index in [2.05, 4.69) is 68.6 Å². The Hall–Kier alpha value is -2.39. The van der Waals surface area contributed by atoms with Crippen molar-refractivity contribution in [3.05, 3.63) is 83.2 Å². The summed E-state index contributed by atoms with van der Waals surface area (Å²) in [6, 6.07) is 21.1. The van der Waals surface area contributed by atoms with Crippen LogP contribution in [-0.4, -0.2) is 9.78 Å². The van der Waals surface area contributed by atoms with E-state index in [1.807, 2.05) is 22.9 Å². The standard InChI is InChI=1S/C20H23N3/c1-15(18-10-6-4-7-11-18)21-14-20-16(2)22-23(17(20)3)19-12-8-5-9-13-19/h4-13,15,21H,14H2,1-3H3. The molecule has 1 heterocycles. The van der Waals surface area contributed by atoms with E-state index in [4.69, 9.17) is 5.10 Å². The van der Waals surface area contributed by atoms with Crippen LogP contribution < -0.4 is 5.32 Å². The van der Waals surface area contributed by atoms with E-state index >= 15 is 0 Å². The van der Waals surface area contributed by atoms with E-state index < -0.39 is 0 Å². The lowest BCUT2D eigenvalue weighted by Gasteiger charge is -2.14. The number of aromatic nitrogens is 2. The van der Waals surface area contributed by atoms with Crippen LogP contribution in [0.3, 0.4) is 0 Å². The van der Waals surface area contributed by atoms with Crippen molar-refractivity contribution in [1.82, 2.24) is 15.1 Å². The van der Waals surface area contributed by atoms with Gasteiger partial charge in [0.2, 0.25) is 0 Å². The zero-order valence-electron chi connectivity index (χ0n) is 14.0. The van der Waals surface area contributed by atoms with Crippen molar-refractivity contribution in [2.75, 3.05) is 0 Å². The van der Waals surface area contributed by atoms with E-state index in [0.717, 1.165) is 17.9 Å². The summed E-state index contributed by atoms with van der Waals surface area (Å²) in [6.45, 7) is 7.23. The maximum atomic E-state index is 4.71. The molecule has 1 aromatic heterocycles. The molecule has 0 amide bonds. The molecule has 0 aliphatic carbocycles. The lowest BCUT2D eigenvalue weighted by molar-refractivity contribution is 0.572. The van der Waals surface area contributed by atoms with Gasteiger partial charge in [-0.2, -0.15) is 5.10 Å². The Bertz CT molecular complexity index is 760. The van der Waals surface area contributed by atoms with Gasteiger partial charge < -0.3 is 5.32 Å². The molecule has 0 radical (unpaired) electrons. The monoisotopic (exact) mass is 305 g/mol. The molecule has 3 aromatic rings. The molecule has 0 aliphatic rings. The van der Waals surface area contributed by atoms with Crippen LogP contribution in [-0.2, 0) is 6.54 Å². The Morgan fingerprint density at radius 2 is 1.57 bits per heavy atom. The Labute approximate surface area is 138 Å². The fourth-order valence-corrected chi connectivity index (χ4v) is 2.87. The van der Waals surface area contributed by atoms with Crippen molar-refractivity contribution in [2.45, 2.75) is 33.4 Å². The largest absolute Gasteiger partial charge is 0.306 e. The molecule has 118 valence electrons. The second-order valence-electron chi connectivity index (χ2n) is 5.91. The third-order valence-corrected chi connectivity index (χ3v) is 4.33. The number of hydrogen-bond acceptors (Lipinski definition) is 2. The van der Waals surface area contributed by atoms with Crippen LogP contribution in [0.2, 0.25) is 0 Å². The van der Waals surface area contributed by atoms with Crippen molar-refractivity contribution in [1.29, 1.82) is 0 Å². The number of para-hydroxylation sites is 1. The molecule has 3 nitrogen and oxygen atoms in total. The zero-order valence-corrected chi connectivity index (χ0v) is 14.0. The van der Waals surface area contributed by atoms with Crippen molar-refractivity contribution in [3.8, 4) is 5.69 Å². The molecule has 3 rings (SSSR count). The molecule has 0 fully saturated rings. The molecule has 1 atom stereocenters. The number of aryl methyl sites for hydroxylation is 1. The molecule has 0 bridgehead atoms. The van der Waals surface area contributed by atoms with Crippen molar-refractivity contribution in [3.63, 3.8) is 0 Å². The first kappa shape index (κ1) is 15.5. The SMILES string of the molecule is Cc1nn(-c2ccccc2)c(C)c1CNC(C)c1ccccc1. The topological polar surface area (TPSA) is 29.9 Å². The Morgan fingerprint density at radius 3 is 2.22 bits per heavy atom. The first-order chi connectivity index (χ1) is 11.2. The van der Waals surface area contributed by atoms with Gasteiger partial charge in [-0.15, -0.1) is 0 Å². The van der Waals surface area contributed by atoms with Gasteiger partial charge in [0.05, 0.1) is 11.4 Å². The number of nitrogens with zero attached hydrogens (tertiary/aromatic N) is 2. The zero-order chi connectivity index (χ0) is 16.2. The lowest BCUT2D eigenvalue weighted by atomic mass is 10.1. The van der Waals surface area contributed by atoms with E-state index in [0.29, 0.717) is 6.04 Å². The van der Waals surface area contributed by atoms with Gasteiger partial charge in [0.15, 0.2) is 0 Å². The average Bonchev–Trinajstić information content (AvgIpc) is 2.88. The van der Waals surface area contributed by atoms with Gasteiger partial charge in [-0.3, -0.25) is 0 Å². The highest BCUT2D eigenvalue weighted by atomic mass is 15.3. The predicted octanol–water partition coefficient (Wildman–Crippen LogP) is 4.34. The number of hydrogen-bond donors (Lipinski definition) is 1. The van der Waals surface area contributed by atoms with Crippen LogP contribution in [0.4, 0.5) is 0 Å². The fourth-order valence-electron chi connectivity index (χ4n) is 2.87. The van der Waals surface area contributed by atoms with Crippen LogP contribution in [0, 0.1) is 13.8 Å². The second kappa shape index (κ2) is 6.80. The van der Waals surface area contributed by atoms with E-state index in [1.165, 1.54) is 16.8 Å². The molecule has 1 unspecified atom stereocenters. The Kier molecular flexibility index (Phi) is 4.58. The minimum Gasteiger partial charge on any atom is -0.306 e. The Morgan fingerprint density at radius 1 is 0.957 bits per heavy atom. The summed E-state index contributed by atoms with van der Waals surface area (Å²) in [5, 5.41) is 8.32. The van der Waals surface area contributed by atoms with Crippen molar-refractivity contribution >= 4 is 0 Å². The van der Waals surface area contributed by atoms with Crippen LogP contribution in [0.25, 0.3) is 5.69 Å². The normalized spacial score (nSPS) is 12.3. The minimum atomic E-state index is 0.315. The van der Waals surface area contributed by atoms with Gasteiger partial charge in [-0.1, -0.05) is 48.5 Å². The number of benzene rings is 2. The van der Waals surface area contributed by atoms with Crippen LogP contribution in [0.5, 0.6) is 0 Å². The summed E-state index contributed by atoms with van der Waals surface area (Å²) in [6.07, 6.45) is 0. The van der Waals surface area contributed by atoms with Gasteiger partial charge in [0, 0.05) is 23.8 Å². The van der Waals surface area contributed by atoms with E-state index in [1.54, 1.807) is 0 Å². The highest BCUT2D eigenvalue weighted by molar-refractivity contribution is 5.37. The second-order valence-corrected chi connectivity index (χ2v) is 5.91. The first-order valence-electron chi connectivity index (χ1n) is 8.05. The number of nitrogens with one attached hydrogen (secondary N) is 1. The summed E-state index contributed by atoms with van der Waals surface area (Å²) in [5.74, 6) is 0. The van der Waals surface area contributed by atoms with E-state index in [-0.39, 0.29) is 0 Å². The number of rotatable bonds is 5. The molecule has 0 saturated heterocycles. The molecule has 3 heteroatoms. The maximum Gasteiger partial charge on any atom is 0.0648 e. The summed E-state index contributed by atoms with van der Waals surface area (Å²) in [4.78, 5) is 0. The van der Waals surface area contributed by atoms with Gasteiger partial charge >= 0.3 is 0 Å². The predicted molar refractivity (Wildman–Crippen MR) is 94.7 cm³/mol.